The van der Waals surface area contributed by atoms with Crippen molar-refractivity contribution in [3.63, 3.8) is 0 Å². The monoisotopic (exact) mass is 483 g/mol. The fourth-order valence-electron chi connectivity index (χ4n) is 5.23. The van der Waals surface area contributed by atoms with Gasteiger partial charge in [0.15, 0.2) is 0 Å². The molecule has 2 aliphatic rings. The van der Waals surface area contributed by atoms with Gasteiger partial charge in [-0.25, -0.2) is 9.59 Å². The van der Waals surface area contributed by atoms with Crippen LogP contribution in [-0.4, -0.2) is 44.2 Å². The second kappa shape index (κ2) is 9.97. The molecule has 1 aromatic heterocycles. The lowest BCUT2D eigenvalue weighted by atomic mass is 9.67. The van der Waals surface area contributed by atoms with E-state index in [0.29, 0.717) is 32.4 Å². The van der Waals surface area contributed by atoms with Crippen molar-refractivity contribution in [1.29, 1.82) is 5.41 Å². The van der Waals surface area contributed by atoms with Crippen LogP contribution in [0.25, 0.3) is 0 Å². The molecule has 0 atom stereocenters. The van der Waals surface area contributed by atoms with E-state index in [1.165, 1.54) is 4.57 Å². The van der Waals surface area contributed by atoms with Gasteiger partial charge in [-0.05, 0) is 37.7 Å². The van der Waals surface area contributed by atoms with E-state index in [1.807, 2.05) is 37.3 Å². The molecule has 4 N–H and O–H groups in total. The van der Waals surface area contributed by atoms with Gasteiger partial charge >= 0.3 is 11.8 Å². The minimum atomic E-state index is -0.714. The van der Waals surface area contributed by atoms with Gasteiger partial charge in [-0.1, -0.05) is 43.7 Å². The number of carbonyl (C=O) groups is 1. The molecular weight excluding hydrogens is 450 g/mol. The molecule has 1 aliphatic heterocycles. The van der Waals surface area contributed by atoms with Crippen molar-refractivity contribution in [3.8, 4) is 5.88 Å². The summed E-state index contributed by atoms with van der Waals surface area (Å²) in [5.41, 5.74) is 4.89. The topological polar surface area (TPSA) is 144 Å². The van der Waals surface area contributed by atoms with Crippen LogP contribution in [0.15, 0.2) is 39.9 Å². The molecule has 0 unspecified atom stereocenters. The van der Waals surface area contributed by atoms with Crippen LogP contribution >= 0.6 is 0 Å². The minimum absolute atomic E-state index is 0.0343. The third kappa shape index (κ3) is 4.82. The molecule has 1 saturated carbocycles. The Bertz CT molecular complexity index is 1200. The highest BCUT2D eigenvalue weighted by atomic mass is 16.6. The smallest absolute Gasteiger partial charge is 0.410 e. The highest BCUT2D eigenvalue weighted by Crippen LogP contribution is 2.46. The highest BCUT2D eigenvalue weighted by Gasteiger charge is 2.48. The quantitative estimate of drug-likeness (QED) is 0.408. The summed E-state index contributed by atoms with van der Waals surface area (Å²) in [4.78, 5) is 40.3. The second-order valence-electron chi connectivity index (χ2n) is 9.70. The van der Waals surface area contributed by atoms with Crippen molar-refractivity contribution in [2.75, 3.05) is 13.1 Å². The summed E-state index contributed by atoms with van der Waals surface area (Å²) in [5, 5.41) is 18.2. The molecule has 1 amide bonds. The molecule has 4 rings (SSSR count). The van der Waals surface area contributed by atoms with Crippen molar-refractivity contribution in [2.24, 2.45) is 11.1 Å². The number of nitrogen functional groups attached to an aromatic ring is 1. The number of nitrogens with two attached hydrogens (primary N) is 1. The molecule has 188 valence electrons. The van der Waals surface area contributed by atoms with Crippen LogP contribution in [0.5, 0.6) is 5.88 Å². The van der Waals surface area contributed by atoms with Gasteiger partial charge in [-0.2, -0.15) is 0 Å². The lowest BCUT2D eigenvalue weighted by Gasteiger charge is -2.52. The van der Waals surface area contributed by atoms with Crippen LogP contribution < -0.4 is 17.0 Å². The van der Waals surface area contributed by atoms with Crippen molar-refractivity contribution >= 4 is 11.9 Å². The zero-order valence-corrected chi connectivity index (χ0v) is 20.0. The van der Waals surface area contributed by atoms with E-state index in [0.717, 1.165) is 29.4 Å². The molecule has 2 heterocycles. The first kappa shape index (κ1) is 24.6. The number of ether oxygens (including phenoxy) is 1. The fraction of sp³-hybridized carbons (Fsp3) is 0.520. The van der Waals surface area contributed by atoms with Crippen LogP contribution in [-0.2, 0) is 17.9 Å². The Morgan fingerprint density at radius 3 is 2.46 bits per heavy atom. The number of carbonyl (C=O) groups excluding carboxylic acids is 1. The standard InChI is InChI=1S/C25H33N5O5/c1-2-3-13-29-21(31)19(20(26)27)22(32)30(23(29)33)18-9-11-25(12-10-18)15-28(16-25)24(34)35-14-17-7-5-4-6-8-17/h4-8,18,31H,2-3,9-16H2,1H3,(H3,26,27). The molecule has 1 saturated heterocycles. The average Bonchev–Trinajstić information content (AvgIpc) is 2.82. The third-order valence-corrected chi connectivity index (χ3v) is 7.25. The lowest BCUT2D eigenvalue weighted by molar-refractivity contribution is -0.0349. The zero-order valence-electron chi connectivity index (χ0n) is 20.0. The van der Waals surface area contributed by atoms with Gasteiger partial charge in [0.25, 0.3) is 5.56 Å². The predicted octanol–water partition coefficient (Wildman–Crippen LogP) is 2.55. The Kier molecular flexibility index (Phi) is 7.00. The number of nitrogens with one attached hydrogen (secondary N) is 1. The molecule has 1 aliphatic carbocycles. The molecule has 1 aromatic carbocycles. The Hall–Kier alpha value is -3.56. The van der Waals surface area contributed by atoms with Crippen molar-refractivity contribution in [3.05, 3.63) is 62.3 Å². The van der Waals surface area contributed by atoms with Gasteiger partial charge in [0.1, 0.15) is 18.0 Å². The summed E-state index contributed by atoms with van der Waals surface area (Å²) in [7, 11) is 0. The third-order valence-electron chi connectivity index (χ3n) is 7.25. The van der Waals surface area contributed by atoms with Crippen LogP contribution in [0.3, 0.4) is 0 Å². The molecule has 0 radical (unpaired) electrons. The average molecular weight is 484 g/mol. The zero-order chi connectivity index (χ0) is 25.2. The molecule has 2 aromatic rings. The van der Waals surface area contributed by atoms with Crippen LogP contribution in [0.2, 0.25) is 0 Å². The maximum absolute atomic E-state index is 13.2. The Morgan fingerprint density at radius 2 is 1.86 bits per heavy atom. The number of aromatic nitrogens is 2. The Balaban J connectivity index is 1.42. The largest absolute Gasteiger partial charge is 0.494 e. The van der Waals surface area contributed by atoms with Gasteiger partial charge in [0, 0.05) is 31.1 Å². The van der Waals surface area contributed by atoms with Crippen LogP contribution in [0.1, 0.15) is 62.6 Å². The van der Waals surface area contributed by atoms with E-state index >= 15 is 0 Å². The molecule has 1 spiro atoms. The number of hydrogen-bond acceptors (Lipinski definition) is 6. The number of rotatable bonds is 7. The normalized spacial score (nSPS) is 17.2. The van der Waals surface area contributed by atoms with E-state index < -0.39 is 23.0 Å². The first-order chi connectivity index (χ1) is 16.8. The minimum Gasteiger partial charge on any atom is -0.494 e. The summed E-state index contributed by atoms with van der Waals surface area (Å²) in [6.45, 7) is 3.63. The number of hydrogen-bond donors (Lipinski definition) is 3. The number of benzene rings is 1. The summed E-state index contributed by atoms with van der Waals surface area (Å²) < 4.78 is 7.74. The van der Waals surface area contributed by atoms with E-state index in [-0.39, 0.29) is 36.3 Å². The van der Waals surface area contributed by atoms with E-state index in [1.54, 1.807) is 4.90 Å². The molecule has 35 heavy (non-hydrogen) atoms. The van der Waals surface area contributed by atoms with Gasteiger partial charge in [0.05, 0.1) is 0 Å². The highest BCUT2D eigenvalue weighted by molar-refractivity contribution is 5.96. The van der Waals surface area contributed by atoms with Gasteiger partial charge in [0.2, 0.25) is 5.88 Å². The lowest BCUT2D eigenvalue weighted by Crippen LogP contribution is -2.60. The van der Waals surface area contributed by atoms with Gasteiger partial charge in [-0.15, -0.1) is 0 Å². The Morgan fingerprint density at radius 1 is 1.20 bits per heavy atom. The number of aromatic hydroxyl groups is 1. The number of nitrogens with zero attached hydrogens (tertiary/aromatic N) is 3. The Labute approximate surface area is 203 Å². The molecule has 10 heteroatoms. The molecular formula is C25H33N5O5. The first-order valence-corrected chi connectivity index (χ1v) is 12.1. The molecule has 0 bridgehead atoms. The number of likely N-dealkylation sites (tertiary alicyclic amines) is 1. The van der Waals surface area contributed by atoms with Crippen molar-refractivity contribution in [1.82, 2.24) is 14.0 Å². The summed E-state index contributed by atoms with van der Waals surface area (Å²) in [6.07, 6.45) is 3.83. The van der Waals surface area contributed by atoms with E-state index in [4.69, 9.17) is 15.9 Å². The summed E-state index contributed by atoms with van der Waals surface area (Å²) >= 11 is 0. The molecule has 2 fully saturated rings. The summed E-state index contributed by atoms with van der Waals surface area (Å²) in [6, 6.07) is 9.19. The molecule has 10 nitrogen and oxygen atoms in total. The van der Waals surface area contributed by atoms with E-state index in [2.05, 4.69) is 0 Å². The first-order valence-electron chi connectivity index (χ1n) is 12.1. The number of amides is 1. The van der Waals surface area contributed by atoms with Crippen molar-refractivity contribution < 1.29 is 14.6 Å². The van der Waals surface area contributed by atoms with Crippen molar-refractivity contribution in [2.45, 2.75) is 64.6 Å². The van der Waals surface area contributed by atoms with Gasteiger partial charge < -0.3 is 20.5 Å². The van der Waals surface area contributed by atoms with Gasteiger partial charge in [-0.3, -0.25) is 19.3 Å². The van der Waals surface area contributed by atoms with Crippen LogP contribution in [0.4, 0.5) is 4.79 Å². The fourth-order valence-corrected chi connectivity index (χ4v) is 5.23. The van der Waals surface area contributed by atoms with E-state index in [9.17, 15) is 19.5 Å². The second-order valence-corrected chi connectivity index (χ2v) is 9.70. The predicted molar refractivity (Wildman–Crippen MR) is 131 cm³/mol. The summed E-state index contributed by atoms with van der Waals surface area (Å²) in [5.74, 6) is -1.09. The maximum atomic E-state index is 13.2. The number of amidine groups is 1. The number of unbranched alkanes of at least 4 members (excludes halogenated alkanes) is 1. The maximum Gasteiger partial charge on any atom is 0.410 e. The SMILES string of the molecule is CCCCn1c(O)c(C(=N)N)c(=O)n(C2CCC3(CC2)CN(C(=O)OCc2ccccc2)C3)c1=O. The van der Waals surface area contributed by atoms with Crippen LogP contribution in [0, 0.1) is 10.8 Å².